The highest BCUT2D eigenvalue weighted by molar-refractivity contribution is 7.98. The third kappa shape index (κ3) is 4.43. The van der Waals surface area contributed by atoms with Crippen LogP contribution >= 0.6 is 11.8 Å². The minimum absolute atomic E-state index is 0.144. The Morgan fingerprint density at radius 3 is 2.61 bits per heavy atom. The third-order valence-corrected chi connectivity index (χ3v) is 7.06. The first kappa shape index (κ1) is 23.6. The summed E-state index contributed by atoms with van der Waals surface area (Å²) in [7, 11) is 0. The predicted octanol–water partition coefficient (Wildman–Crippen LogP) is 5.36. The Hall–Kier alpha value is -4.17. The Morgan fingerprint density at radius 1 is 1.00 bits per heavy atom. The van der Waals surface area contributed by atoms with Gasteiger partial charge >= 0.3 is 5.63 Å². The summed E-state index contributed by atoms with van der Waals surface area (Å²) in [5.74, 6) is 0.173. The summed E-state index contributed by atoms with van der Waals surface area (Å²) in [4.78, 5) is 42.2. The molecule has 0 saturated carbocycles. The number of carbonyl (C=O) groups excluding carboxylic acids is 1. The average molecular weight is 498 g/mol. The molecule has 1 N–H and O–H groups in total. The highest BCUT2D eigenvalue weighted by atomic mass is 32.2. The number of hydrogen-bond donors (Lipinski definition) is 1. The lowest BCUT2D eigenvalue weighted by Crippen LogP contribution is -2.22. The van der Waals surface area contributed by atoms with E-state index in [4.69, 9.17) is 9.40 Å². The number of aromatic nitrogens is 2. The van der Waals surface area contributed by atoms with E-state index in [0.29, 0.717) is 33.1 Å². The summed E-state index contributed by atoms with van der Waals surface area (Å²) in [6.45, 7) is 5.42. The van der Waals surface area contributed by atoms with Crippen molar-refractivity contribution in [1.29, 1.82) is 0 Å². The number of carbonyl (C=O) groups is 1. The normalized spacial score (nSPS) is 11.2. The predicted molar refractivity (Wildman–Crippen MR) is 143 cm³/mol. The fraction of sp³-hybridized carbons (Fsp3) is 0.143. The molecular formula is C28H23N3O4S. The van der Waals surface area contributed by atoms with E-state index in [9.17, 15) is 14.4 Å². The number of para-hydroxylation sites is 1. The van der Waals surface area contributed by atoms with E-state index < -0.39 is 5.63 Å². The number of benzene rings is 3. The SMILES string of the molecule is CC(=O)Nc1ccc2c(CSc3nc4ccccc4c(=O)n3-c3cccc(C)c3C)cc(=O)oc2c1. The molecule has 2 aromatic heterocycles. The smallest absolute Gasteiger partial charge is 0.336 e. The molecule has 5 rings (SSSR count). The summed E-state index contributed by atoms with van der Waals surface area (Å²) in [6, 6.07) is 19.8. The summed E-state index contributed by atoms with van der Waals surface area (Å²) >= 11 is 1.38. The summed E-state index contributed by atoms with van der Waals surface area (Å²) in [5.41, 5.74) is 4.49. The monoisotopic (exact) mass is 497 g/mol. The lowest BCUT2D eigenvalue weighted by molar-refractivity contribution is -0.114. The molecule has 0 aliphatic rings. The Kier molecular flexibility index (Phi) is 6.20. The van der Waals surface area contributed by atoms with Crippen LogP contribution in [0.15, 0.2) is 85.9 Å². The second kappa shape index (κ2) is 9.47. The van der Waals surface area contributed by atoms with Gasteiger partial charge in [0.15, 0.2) is 5.16 Å². The van der Waals surface area contributed by atoms with Gasteiger partial charge in [-0.3, -0.25) is 14.2 Å². The van der Waals surface area contributed by atoms with Gasteiger partial charge in [0, 0.05) is 35.9 Å². The van der Waals surface area contributed by atoms with E-state index in [2.05, 4.69) is 5.32 Å². The molecule has 5 aromatic rings. The molecule has 3 aromatic carbocycles. The number of fused-ring (bicyclic) bond motifs is 2. The van der Waals surface area contributed by atoms with Crippen LogP contribution in [-0.4, -0.2) is 15.5 Å². The van der Waals surface area contributed by atoms with E-state index in [1.54, 1.807) is 22.8 Å². The maximum atomic E-state index is 13.6. The van der Waals surface area contributed by atoms with Gasteiger partial charge in [-0.2, -0.15) is 0 Å². The Bertz CT molecular complexity index is 1770. The standard InChI is InChI=1S/C28H23N3O4S/c1-16-7-6-10-24(17(16)2)31-27(34)22-8-4-5-9-23(22)30-28(31)36-15-19-13-26(33)35-25-14-20(29-18(3)32)11-12-21(19)25/h4-14H,15H2,1-3H3,(H,29,32). The molecule has 0 fully saturated rings. The van der Waals surface area contributed by atoms with Crippen LogP contribution in [0, 0.1) is 13.8 Å². The van der Waals surface area contributed by atoms with Gasteiger partial charge < -0.3 is 9.73 Å². The number of thioether (sulfide) groups is 1. The van der Waals surface area contributed by atoms with Gasteiger partial charge in [0.05, 0.1) is 16.6 Å². The van der Waals surface area contributed by atoms with Crippen LogP contribution in [-0.2, 0) is 10.5 Å². The second-order valence-corrected chi connectivity index (χ2v) is 9.49. The Morgan fingerprint density at radius 2 is 1.81 bits per heavy atom. The number of rotatable bonds is 5. The van der Waals surface area contributed by atoms with Crippen LogP contribution < -0.4 is 16.5 Å². The van der Waals surface area contributed by atoms with E-state index in [1.807, 2.05) is 56.3 Å². The van der Waals surface area contributed by atoms with Crippen LogP contribution in [0.25, 0.3) is 27.6 Å². The maximum absolute atomic E-state index is 13.6. The highest BCUT2D eigenvalue weighted by Crippen LogP contribution is 2.29. The van der Waals surface area contributed by atoms with Crippen molar-refractivity contribution in [3.8, 4) is 5.69 Å². The van der Waals surface area contributed by atoms with Crippen molar-refractivity contribution >= 4 is 45.2 Å². The summed E-state index contributed by atoms with van der Waals surface area (Å²) in [6.07, 6.45) is 0. The van der Waals surface area contributed by atoms with Crippen LogP contribution in [0.1, 0.15) is 23.6 Å². The number of nitrogens with one attached hydrogen (secondary N) is 1. The minimum atomic E-state index is -0.489. The topological polar surface area (TPSA) is 94.2 Å². The Labute approximate surface area is 210 Å². The van der Waals surface area contributed by atoms with Crippen molar-refractivity contribution in [3.05, 3.63) is 104 Å². The van der Waals surface area contributed by atoms with E-state index in [0.717, 1.165) is 27.8 Å². The molecule has 0 saturated heterocycles. The Balaban J connectivity index is 1.62. The van der Waals surface area contributed by atoms with Crippen LogP contribution in [0.3, 0.4) is 0 Å². The molecule has 180 valence electrons. The number of hydrogen-bond acceptors (Lipinski definition) is 6. The third-order valence-electron chi connectivity index (χ3n) is 6.07. The molecular weight excluding hydrogens is 474 g/mol. The van der Waals surface area contributed by atoms with Gasteiger partial charge in [0.1, 0.15) is 5.58 Å². The zero-order valence-electron chi connectivity index (χ0n) is 20.0. The molecule has 0 bridgehead atoms. The molecule has 36 heavy (non-hydrogen) atoms. The average Bonchev–Trinajstić information content (AvgIpc) is 2.84. The number of aryl methyl sites for hydroxylation is 1. The van der Waals surface area contributed by atoms with Crippen molar-refractivity contribution in [2.75, 3.05) is 5.32 Å². The summed E-state index contributed by atoms with van der Waals surface area (Å²) in [5, 5.41) is 4.52. The zero-order chi connectivity index (χ0) is 25.4. The van der Waals surface area contributed by atoms with Gasteiger partial charge in [-0.1, -0.05) is 36.0 Å². The lowest BCUT2D eigenvalue weighted by atomic mass is 10.1. The minimum Gasteiger partial charge on any atom is -0.423 e. The number of anilines is 1. The first-order valence-electron chi connectivity index (χ1n) is 11.4. The van der Waals surface area contributed by atoms with Crippen LogP contribution in [0.5, 0.6) is 0 Å². The van der Waals surface area contributed by atoms with Gasteiger partial charge in [0.2, 0.25) is 5.91 Å². The first-order valence-corrected chi connectivity index (χ1v) is 12.4. The van der Waals surface area contributed by atoms with E-state index in [-0.39, 0.29) is 11.5 Å². The summed E-state index contributed by atoms with van der Waals surface area (Å²) < 4.78 is 7.04. The molecule has 0 aliphatic carbocycles. The molecule has 0 atom stereocenters. The molecule has 7 nitrogen and oxygen atoms in total. The highest BCUT2D eigenvalue weighted by Gasteiger charge is 2.17. The number of nitrogens with zero attached hydrogens (tertiary/aromatic N) is 2. The van der Waals surface area contributed by atoms with Crippen molar-refractivity contribution in [2.45, 2.75) is 31.7 Å². The molecule has 8 heteroatoms. The first-order chi connectivity index (χ1) is 17.3. The molecule has 0 unspecified atom stereocenters. The van der Waals surface area contributed by atoms with Gasteiger partial charge in [-0.25, -0.2) is 9.78 Å². The zero-order valence-corrected chi connectivity index (χ0v) is 20.8. The molecule has 1 amide bonds. The van der Waals surface area contributed by atoms with Gasteiger partial charge in [0.25, 0.3) is 5.56 Å². The fourth-order valence-electron chi connectivity index (χ4n) is 4.17. The van der Waals surface area contributed by atoms with Crippen molar-refractivity contribution in [2.24, 2.45) is 0 Å². The lowest BCUT2D eigenvalue weighted by Gasteiger charge is -2.16. The quantitative estimate of drug-likeness (QED) is 0.200. The van der Waals surface area contributed by atoms with Crippen molar-refractivity contribution < 1.29 is 9.21 Å². The van der Waals surface area contributed by atoms with Crippen molar-refractivity contribution in [3.63, 3.8) is 0 Å². The maximum Gasteiger partial charge on any atom is 0.336 e. The van der Waals surface area contributed by atoms with Gasteiger partial charge in [-0.05, 0) is 60.9 Å². The molecule has 0 aliphatic heterocycles. The van der Waals surface area contributed by atoms with E-state index in [1.165, 1.54) is 24.8 Å². The van der Waals surface area contributed by atoms with Crippen molar-refractivity contribution in [1.82, 2.24) is 9.55 Å². The fourth-order valence-corrected chi connectivity index (χ4v) is 5.17. The van der Waals surface area contributed by atoms with Gasteiger partial charge in [-0.15, -0.1) is 0 Å². The second-order valence-electron chi connectivity index (χ2n) is 8.54. The van der Waals surface area contributed by atoms with Crippen LogP contribution in [0.2, 0.25) is 0 Å². The van der Waals surface area contributed by atoms with E-state index >= 15 is 0 Å². The van der Waals surface area contributed by atoms with Crippen LogP contribution in [0.4, 0.5) is 5.69 Å². The number of amides is 1. The largest absolute Gasteiger partial charge is 0.423 e. The molecule has 0 spiro atoms. The molecule has 0 radical (unpaired) electrons. The molecule has 2 heterocycles.